The molecule has 2 heterocycles. The van der Waals surface area contributed by atoms with E-state index in [-0.39, 0.29) is 6.61 Å². The second-order valence-electron chi connectivity index (χ2n) is 9.26. The van der Waals surface area contributed by atoms with Crippen molar-refractivity contribution >= 4 is 6.03 Å². The van der Waals surface area contributed by atoms with E-state index in [1.165, 1.54) is 0 Å². The van der Waals surface area contributed by atoms with Gasteiger partial charge in [-0.15, -0.1) is 0 Å². The second kappa shape index (κ2) is 9.43. The Kier molecular flexibility index (Phi) is 6.34. The number of fused-ring (bicyclic) bond motifs is 1. The third-order valence-electron chi connectivity index (χ3n) is 6.44. The summed E-state index contributed by atoms with van der Waals surface area (Å²) < 4.78 is 25.2. The Morgan fingerprint density at radius 2 is 1.31 bits per heavy atom. The average Bonchev–Trinajstić information content (AvgIpc) is 3.34. The van der Waals surface area contributed by atoms with Gasteiger partial charge in [0, 0.05) is 0 Å². The van der Waals surface area contributed by atoms with Crippen LogP contribution in [0.2, 0.25) is 0 Å². The standard InChI is InChI=1S/C28H30N2O5/c1-27(2)34-23-22(33-25(24(23)35-27)30-26(29)31)18-32-28(19-12-6-3-7-13-19,20-14-8-4-9-15-20)21-16-10-5-11-17-21/h3-17,22-25H,18H2,1-2H3,(H3,29,30,31)/t22-,23+,24?,25-/m1/s1. The van der Waals surface area contributed by atoms with E-state index >= 15 is 0 Å². The van der Waals surface area contributed by atoms with E-state index in [1.54, 1.807) is 0 Å². The molecule has 0 aliphatic carbocycles. The van der Waals surface area contributed by atoms with Crippen molar-refractivity contribution < 1.29 is 23.7 Å². The Balaban J connectivity index is 1.53. The number of primary amides is 1. The van der Waals surface area contributed by atoms with Gasteiger partial charge in [0.25, 0.3) is 0 Å². The zero-order chi connectivity index (χ0) is 24.5. The minimum Gasteiger partial charge on any atom is -0.358 e. The van der Waals surface area contributed by atoms with Crippen LogP contribution in [-0.4, -0.2) is 43.0 Å². The Morgan fingerprint density at radius 3 is 1.77 bits per heavy atom. The molecule has 3 aromatic rings. The van der Waals surface area contributed by atoms with E-state index in [9.17, 15) is 4.79 Å². The van der Waals surface area contributed by atoms with Crippen molar-refractivity contribution in [3.05, 3.63) is 108 Å². The fourth-order valence-electron chi connectivity index (χ4n) is 5.05. The van der Waals surface area contributed by atoms with Crippen LogP contribution >= 0.6 is 0 Å². The first-order chi connectivity index (χ1) is 16.9. The molecule has 0 bridgehead atoms. The molecule has 3 aromatic carbocycles. The summed E-state index contributed by atoms with van der Waals surface area (Å²) in [6, 6.07) is 29.7. The SMILES string of the molecule is CC1(C)OC2[C@H](NC(N)=O)O[C@H](COC(c3ccccc3)(c3ccccc3)c3ccccc3)[C@@H]2O1. The second-order valence-corrected chi connectivity index (χ2v) is 9.26. The van der Waals surface area contributed by atoms with E-state index in [1.807, 2.05) is 68.4 Å². The van der Waals surface area contributed by atoms with Crippen LogP contribution in [0.25, 0.3) is 0 Å². The molecule has 2 amide bonds. The predicted octanol–water partition coefficient (Wildman–Crippen LogP) is 3.91. The summed E-state index contributed by atoms with van der Waals surface area (Å²) in [6.07, 6.45) is -2.14. The minimum atomic E-state index is -0.896. The molecule has 2 aliphatic rings. The van der Waals surface area contributed by atoms with E-state index in [2.05, 4.69) is 41.7 Å². The lowest BCUT2D eigenvalue weighted by atomic mass is 9.80. The summed E-state index contributed by atoms with van der Waals surface area (Å²) in [5.41, 5.74) is 7.45. The van der Waals surface area contributed by atoms with Crippen molar-refractivity contribution in [3.63, 3.8) is 0 Å². The number of rotatable bonds is 7. The van der Waals surface area contributed by atoms with Gasteiger partial charge in [-0.1, -0.05) is 91.0 Å². The number of amides is 2. The van der Waals surface area contributed by atoms with Crippen molar-refractivity contribution in [1.29, 1.82) is 0 Å². The van der Waals surface area contributed by atoms with Crippen LogP contribution in [0.4, 0.5) is 4.79 Å². The maximum absolute atomic E-state index is 11.6. The van der Waals surface area contributed by atoms with E-state index in [4.69, 9.17) is 24.7 Å². The van der Waals surface area contributed by atoms with Gasteiger partial charge in [-0.05, 0) is 30.5 Å². The summed E-state index contributed by atoms with van der Waals surface area (Å²) >= 11 is 0. The highest BCUT2D eigenvalue weighted by molar-refractivity contribution is 5.71. The number of nitrogens with one attached hydrogen (secondary N) is 1. The average molecular weight is 475 g/mol. The Labute approximate surface area is 205 Å². The zero-order valence-corrected chi connectivity index (χ0v) is 19.8. The third kappa shape index (κ3) is 4.56. The first-order valence-corrected chi connectivity index (χ1v) is 11.8. The fourth-order valence-corrected chi connectivity index (χ4v) is 5.05. The number of ether oxygens (including phenoxy) is 4. The Hall–Kier alpha value is -3.23. The number of hydrogen-bond acceptors (Lipinski definition) is 5. The molecule has 0 aromatic heterocycles. The van der Waals surface area contributed by atoms with Gasteiger partial charge in [0.05, 0.1) is 6.61 Å². The van der Waals surface area contributed by atoms with Crippen molar-refractivity contribution in [2.24, 2.45) is 5.73 Å². The summed E-state index contributed by atoms with van der Waals surface area (Å²) in [5.74, 6) is -0.815. The molecule has 0 radical (unpaired) electrons. The smallest absolute Gasteiger partial charge is 0.314 e. The quantitative estimate of drug-likeness (QED) is 0.507. The molecule has 2 fully saturated rings. The van der Waals surface area contributed by atoms with Crippen LogP contribution in [0.15, 0.2) is 91.0 Å². The number of urea groups is 1. The normalized spacial score (nSPS) is 25.2. The molecule has 0 spiro atoms. The number of carbonyl (C=O) groups is 1. The van der Waals surface area contributed by atoms with Gasteiger partial charge >= 0.3 is 6.03 Å². The molecule has 35 heavy (non-hydrogen) atoms. The van der Waals surface area contributed by atoms with Gasteiger partial charge in [0.1, 0.15) is 23.9 Å². The molecule has 3 N–H and O–H groups in total. The third-order valence-corrected chi connectivity index (χ3v) is 6.44. The molecule has 182 valence electrons. The van der Waals surface area contributed by atoms with Gasteiger partial charge in [-0.3, -0.25) is 0 Å². The van der Waals surface area contributed by atoms with Crippen LogP contribution in [0.1, 0.15) is 30.5 Å². The molecule has 7 nitrogen and oxygen atoms in total. The molecule has 7 heteroatoms. The van der Waals surface area contributed by atoms with Crippen molar-refractivity contribution in [3.8, 4) is 0 Å². The Morgan fingerprint density at radius 1 is 0.857 bits per heavy atom. The summed E-state index contributed by atoms with van der Waals surface area (Å²) in [7, 11) is 0. The maximum Gasteiger partial charge on any atom is 0.314 e. The van der Waals surface area contributed by atoms with Crippen LogP contribution in [0, 0.1) is 0 Å². The molecule has 2 saturated heterocycles. The summed E-state index contributed by atoms with van der Waals surface area (Å²) in [4.78, 5) is 11.6. The van der Waals surface area contributed by atoms with Gasteiger partial charge in [-0.25, -0.2) is 4.79 Å². The minimum absolute atomic E-state index is 0.191. The molecule has 2 aliphatic heterocycles. The molecule has 0 saturated carbocycles. The largest absolute Gasteiger partial charge is 0.358 e. The lowest BCUT2D eigenvalue weighted by Gasteiger charge is -2.37. The lowest BCUT2D eigenvalue weighted by molar-refractivity contribution is -0.197. The highest BCUT2D eigenvalue weighted by Gasteiger charge is 2.56. The summed E-state index contributed by atoms with van der Waals surface area (Å²) in [6.45, 7) is 3.87. The van der Waals surface area contributed by atoms with Crippen LogP contribution in [0.3, 0.4) is 0 Å². The maximum atomic E-state index is 11.6. The van der Waals surface area contributed by atoms with Gasteiger partial charge in [0.2, 0.25) is 0 Å². The van der Waals surface area contributed by atoms with E-state index in [0.717, 1.165) is 16.7 Å². The van der Waals surface area contributed by atoms with Crippen molar-refractivity contribution in [1.82, 2.24) is 5.32 Å². The van der Waals surface area contributed by atoms with Gasteiger partial charge in [0.15, 0.2) is 12.0 Å². The molecular weight excluding hydrogens is 444 g/mol. The van der Waals surface area contributed by atoms with Crippen molar-refractivity contribution in [2.75, 3.05) is 6.61 Å². The predicted molar refractivity (Wildman–Crippen MR) is 130 cm³/mol. The molecule has 4 atom stereocenters. The van der Waals surface area contributed by atoms with Crippen LogP contribution < -0.4 is 11.1 Å². The number of benzene rings is 3. The molecule has 1 unspecified atom stereocenters. The first-order valence-electron chi connectivity index (χ1n) is 11.8. The highest BCUT2D eigenvalue weighted by Crippen LogP contribution is 2.43. The van der Waals surface area contributed by atoms with E-state index in [0.29, 0.717) is 0 Å². The zero-order valence-electron chi connectivity index (χ0n) is 19.8. The van der Waals surface area contributed by atoms with Gasteiger partial charge in [-0.2, -0.15) is 0 Å². The van der Waals surface area contributed by atoms with Gasteiger partial charge < -0.3 is 30.0 Å². The monoisotopic (exact) mass is 474 g/mol. The highest BCUT2D eigenvalue weighted by atomic mass is 16.8. The van der Waals surface area contributed by atoms with Crippen LogP contribution in [0.5, 0.6) is 0 Å². The fraction of sp³-hybridized carbons (Fsp3) is 0.321. The van der Waals surface area contributed by atoms with E-state index < -0.39 is 42.0 Å². The lowest BCUT2D eigenvalue weighted by Crippen LogP contribution is -2.46. The molecule has 5 rings (SSSR count). The van der Waals surface area contributed by atoms with Crippen molar-refractivity contribution in [2.45, 2.75) is 49.8 Å². The first kappa shape index (κ1) is 23.5. The number of carbonyl (C=O) groups excluding carboxylic acids is 1. The molecular formula is C28H30N2O5. The Bertz CT molecular complexity index is 1040. The summed E-state index contributed by atoms with van der Waals surface area (Å²) in [5, 5.41) is 2.63. The topological polar surface area (TPSA) is 92.0 Å². The number of hydrogen-bond donors (Lipinski definition) is 2. The number of nitrogens with two attached hydrogens (primary N) is 1. The van der Waals surface area contributed by atoms with Crippen LogP contribution in [-0.2, 0) is 24.5 Å².